The number of fused-ring (bicyclic) bond motifs is 1. The molecule has 1 amide bonds. The molecular formula is C23H31NO5S. The van der Waals surface area contributed by atoms with Crippen LogP contribution in [0.2, 0.25) is 0 Å². The second-order valence-electron chi connectivity index (χ2n) is 9.44. The van der Waals surface area contributed by atoms with Crippen LogP contribution in [0, 0.1) is 5.92 Å². The van der Waals surface area contributed by atoms with Crippen molar-refractivity contribution >= 4 is 15.7 Å². The van der Waals surface area contributed by atoms with Gasteiger partial charge in [0.1, 0.15) is 17.6 Å². The number of sulfone groups is 1. The molecule has 1 spiro atoms. The first-order valence-corrected chi connectivity index (χ1v) is 13.0. The van der Waals surface area contributed by atoms with Gasteiger partial charge in [0, 0.05) is 42.5 Å². The number of carbonyl (C=O) groups excluding carboxylic acids is 1. The molecule has 0 aromatic heterocycles. The van der Waals surface area contributed by atoms with Gasteiger partial charge in [0.25, 0.3) is 0 Å². The van der Waals surface area contributed by atoms with Crippen LogP contribution < -0.4 is 9.47 Å². The van der Waals surface area contributed by atoms with E-state index in [0.717, 1.165) is 49.2 Å². The summed E-state index contributed by atoms with van der Waals surface area (Å²) in [6.07, 6.45) is 4.93. The molecule has 2 aliphatic carbocycles. The van der Waals surface area contributed by atoms with E-state index in [1.807, 2.05) is 11.8 Å². The van der Waals surface area contributed by atoms with Crippen molar-refractivity contribution in [3.8, 4) is 11.5 Å². The van der Waals surface area contributed by atoms with Gasteiger partial charge in [-0.05, 0) is 51.7 Å². The molecule has 164 valence electrons. The van der Waals surface area contributed by atoms with Crippen LogP contribution in [0.25, 0.3) is 0 Å². The van der Waals surface area contributed by atoms with E-state index in [0.29, 0.717) is 26.1 Å². The van der Waals surface area contributed by atoms with E-state index in [9.17, 15) is 13.2 Å². The summed E-state index contributed by atoms with van der Waals surface area (Å²) in [6.45, 7) is 5.50. The molecule has 3 atom stereocenters. The van der Waals surface area contributed by atoms with E-state index in [2.05, 4.69) is 19.1 Å². The lowest BCUT2D eigenvalue weighted by molar-refractivity contribution is -0.132. The average molecular weight is 434 g/mol. The molecule has 1 unspecified atom stereocenters. The third kappa shape index (κ3) is 3.20. The summed E-state index contributed by atoms with van der Waals surface area (Å²) >= 11 is 0. The Bertz CT molecular complexity index is 968. The molecule has 3 fully saturated rings. The fourth-order valence-electron chi connectivity index (χ4n) is 5.48. The maximum absolute atomic E-state index is 13.2. The van der Waals surface area contributed by atoms with Crippen LogP contribution in [0.15, 0.2) is 12.1 Å². The molecule has 2 aliphatic heterocycles. The highest BCUT2D eigenvalue weighted by Gasteiger charge is 2.52. The van der Waals surface area contributed by atoms with Crippen LogP contribution in [0.3, 0.4) is 0 Å². The van der Waals surface area contributed by atoms with Gasteiger partial charge in [0.2, 0.25) is 5.91 Å². The van der Waals surface area contributed by atoms with Crippen molar-refractivity contribution in [2.24, 2.45) is 5.92 Å². The number of amides is 1. The molecule has 2 heterocycles. The van der Waals surface area contributed by atoms with Gasteiger partial charge in [0.05, 0.1) is 17.1 Å². The summed E-state index contributed by atoms with van der Waals surface area (Å²) in [7, 11) is -3.12. The first kappa shape index (κ1) is 20.2. The van der Waals surface area contributed by atoms with Crippen LogP contribution >= 0.6 is 0 Å². The van der Waals surface area contributed by atoms with Gasteiger partial charge >= 0.3 is 0 Å². The molecule has 1 saturated heterocycles. The number of rotatable bonds is 4. The van der Waals surface area contributed by atoms with Crippen LogP contribution in [-0.4, -0.2) is 55.5 Å². The van der Waals surface area contributed by atoms with E-state index in [1.165, 1.54) is 5.56 Å². The minimum atomic E-state index is -3.12. The third-order valence-corrected chi connectivity index (χ3v) is 10.2. The van der Waals surface area contributed by atoms with Crippen molar-refractivity contribution < 1.29 is 22.7 Å². The molecule has 0 bridgehead atoms. The van der Waals surface area contributed by atoms with E-state index >= 15 is 0 Å². The SMILES string of the molecule is CCOc1cc2c(cc1[C@@H]1C[C@H]1C(=O)N1CCC3(CCC3)S(=O)(=O)CC1)OC(C)C2. The fraction of sp³-hybridized carbons (Fsp3) is 0.696. The summed E-state index contributed by atoms with van der Waals surface area (Å²) in [5, 5.41) is 0. The first-order chi connectivity index (χ1) is 14.3. The molecule has 4 aliphatic rings. The third-order valence-electron chi connectivity index (χ3n) is 7.54. The molecule has 7 heteroatoms. The maximum Gasteiger partial charge on any atom is 0.226 e. The molecule has 30 heavy (non-hydrogen) atoms. The lowest BCUT2D eigenvalue weighted by Gasteiger charge is -2.39. The molecule has 0 radical (unpaired) electrons. The molecule has 6 nitrogen and oxygen atoms in total. The Labute approximate surface area is 178 Å². The fourth-order valence-corrected chi connectivity index (χ4v) is 7.68. The van der Waals surface area contributed by atoms with Gasteiger partial charge in [-0.25, -0.2) is 8.42 Å². The summed E-state index contributed by atoms with van der Waals surface area (Å²) in [5.74, 6) is 2.02. The molecule has 1 aromatic carbocycles. The summed E-state index contributed by atoms with van der Waals surface area (Å²) in [4.78, 5) is 15.0. The van der Waals surface area contributed by atoms with Gasteiger partial charge in [-0.15, -0.1) is 0 Å². The summed E-state index contributed by atoms with van der Waals surface area (Å²) in [6, 6.07) is 4.15. The van der Waals surface area contributed by atoms with Crippen LogP contribution in [0.4, 0.5) is 0 Å². The number of hydrogen-bond donors (Lipinski definition) is 0. The topological polar surface area (TPSA) is 72.9 Å². The number of ether oxygens (including phenoxy) is 2. The van der Waals surface area contributed by atoms with E-state index in [1.54, 1.807) is 0 Å². The van der Waals surface area contributed by atoms with Crippen LogP contribution in [-0.2, 0) is 21.1 Å². The predicted octanol–water partition coefficient (Wildman–Crippen LogP) is 3.08. The van der Waals surface area contributed by atoms with Crippen LogP contribution in [0.1, 0.15) is 63.0 Å². The van der Waals surface area contributed by atoms with E-state index in [-0.39, 0.29) is 29.6 Å². The monoisotopic (exact) mass is 433 g/mol. The molecule has 2 saturated carbocycles. The summed E-state index contributed by atoms with van der Waals surface area (Å²) < 4.78 is 36.7. The average Bonchev–Trinajstić information content (AvgIpc) is 3.39. The Hall–Kier alpha value is -1.76. The molecular weight excluding hydrogens is 402 g/mol. The zero-order chi connectivity index (χ0) is 21.1. The predicted molar refractivity (Wildman–Crippen MR) is 114 cm³/mol. The maximum atomic E-state index is 13.2. The Balaban J connectivity index is 1.32. The lowest BCUT2D eigenvalue weighted by atomic mass is 9.81. The van der Waals surface area contributed by atoms with Gasteiger partial charge in [0.15, 0.2) is 9.84 Å². The minimum Gasteiger partial charge on any atom is -0.494 e. The molecule has 0 N–H and O–H groups in total. The summed E-state index contributed by atoms with van der Waals surface area (Å²) in [5.41, 5.74) is 2.22. The number of benzene rings is 1. The quantitative estimate of drug-likeness (QED) is 0.730. The molecule has 1 aromatic rings. The Morgan fingerprint density at radius 2 is 2.07 bits per heavy atom. The van der Waals surface area contributed by atoms with Crippen molar-refractivity contribution in [3.63, 3.8) is 0 Å². The second kappa shape index (κ2) is 7.14. The second-order valence-corrected chi connectivity index (χ2v) is 11.9. The Morgan fingerprint density at radius 1 is 1.27 bits per heavy atom. The zero-order valence-electron chi connectivity index (χ0n) is 17.9. The van der Waals surface area contributed by atoms with Crippen LogP contribution in [0.5, 0.6) is 11.5 Å². The highest BCUT2D eigenvalue weighted by Crippen LogP contribution is 2.53. The number of nitrogens with zero attached hydrogens (tertiary/aromatic N) is 1. The number of hydrogen-bond acceptors (Lipinski definition) is 5. The zero-order valence-corrected chi connectivity index (χ0v) is 18.7. The van der Waals surface area contributed by atoms with E-state index in [4.69, 9.17) is 9.47 Å². The standard InChI is InChI=1S/C23H31NO5S/c1-3-28-21-12-16-11-15(2)29-20(16)14-18(21)17-13-19(17)22(25)24-8-7-23(5-4-6-23)30(26,27)10-9-24/h12,14-15,17,19H,3-11,13H2,1-2H3/t15?,17-,19+/m0/s1. The van der Waals surface area contributed by atoms with Crippen molar-refractivity contribution in [2.75, 3.05) is 25.4 Å². The Morgan fingerprint density at radius 3 is 2.77 bits per heavy atom. The first-order valence-electron chi connectivity index (χ1n) is 11.3. The molecule has 5 rings (SSSR count). The number of carbonyl (C=O) groups is 1. The van der Waals surface area contributed by atoms with Crippen molar-refractivity contribution in [3.05, 3.63) is 23.3 Å². The van der Waals surface area contributed by atoms with E-state index < -0.39 is 14.6 Å². The lowest BCUT2D eigenvalue weighted by Crippen LogP contribution is -2.46. The van der Waals surface area contributed by atoms with Gasteiger partial charge in [-0.1, -0.05) is 6.42 Å². The van der Waals surface area contributed by atoms with Gasteiger partial charge in [-0.2, -0.15) is 0 Å². The smallest absolute Gasteiger partial charge is 0.226 e. The van der Waals surface area contributed by atoms with Crippen molar-refractivity contribution in [1.29, 1.82) is 0 Å². The highest BCUT2D eigenvalue weighted by molar-refractivity contribution is 7.92. The largest absolute Gasteiger partial charge is 0.494 e. The Kier molecular flexibility index (Phi) is 4.80. The van der Waals surface area contributed by atoms with Crippen molar-refractivity contribution in [1.82, 2.24) is 4.90 Å². The highest BCUT2D eigenvalue weighted by atomic mass is 32.2. The minimum absolute atomic E-state index is 0.0840. The van der Waals surface area contributed by atoms with Gasteiger partial charge in [-0.3, -0.25) is 4.79 Å². The van der Waals surface area contributed by atoms with Crippen molar-refractivity contribution in [2.45, 2.75) is 69.1 Å². The normalized spacial score (nSPS) is 30.7. The van der Waals surface area contributed by atoms with Gasteiger partial charge < -0.3 is 14.4 Å².